The number of hydrogen-bond acceptors (Lipinski definition) is 3. The highest BCUT2D eigenvalue weighted by molar-refractivity contribution is 5.78. The van der Waals surface area contributed by atoms with Gasteiger partial charge >= 0.3 is 0 Å². The molecule has 0 bridgehead atoms. The second kappa shape index (κ2) is 4.42. The van der Waals surface area contributed by atoms with Gasteiger partial charge in [-0.2, -0.15) is 0 Å². The molecule has 1 heterocycles. The zero-order chi connectivity index (χ0) is 16.5. The van der Waals surface area contributed by atoms with Crippen LogP contribution in [0.3, 0.4) is 0 Å². The van der Waals surface area contributed by atoms with Gasteiger partial charge < -0.3 is 9.47 Å². The van der Waals surface area contributed by atoms with Gasteiger partial charge in [0.2, 0.25) is 0 Å². The molecule has 0 saturated carbocycles. The van der Waals surface area contributed by atoms with E-state index in [1.807, 2.05) is 26.8 Å². The second-order valence-corrected chi connectivity index (χ2v) is 8.29. The smallest absolute Gasteiger partial charge is 0.163 e. The summed E-state index contributed by atoms with van der Waals surface area (Å²) in [5.74, 6) is -0.575. The molecule has 2 unspecified atom stereocenters. The molecule has 3 rings (SSSR count). The van der Waals surface area contributed by atoms with E-state index in [0.29, 0.717) is 0 Å². The van der Waals surface area contributed by atoms with Crippen LogP contribution in [0.2, 0.25) is 0 Å². The molecule has 1 saturated heterocycles. The summed E-state index contributed by atoms with van der Waals surface area (Å²) in [6, 6.07) is 4.20. The average Bonchev–Trinajstić information content (AvgIpc) is 2.74. The Hall–Kier alpha value is -1.19. The van der Waals surface area contributed by atoms with Gasteiger partial charge in [0.05, 0.1) is 12.2 Å². The lowest BCUT2D eigenvalue weighted by molar-refractivity contribution is -0.153. The van der Waals surface area contributed by atoms with E-state index in [4.69, 9.17) is 9.47 Å². The van der Waals surface area contributed by atoms with Crippen LogP contribution in [0.25, 0.3) is 0 Å². The third kappa shape index (κ3) is 1.99. The van der Waals surface area contributed by atoms with Crippen LogP contribution in [0, 0.1) is 6.92 Å². The molecule has 0 amide bonds. The van der Waals surface area contributed by atoms with Crippen molar-refractivity contribution in [2.24, 2.45) is 0 Å². The number of aryl methyl sites for hydroxylation is 1. The summed E-state index contributed by atoms with van der Waals surface area (Å²) in [6.07, 6.45) is 0.930. The highest BCUT2D eigenvalue weighted by Gasteiger charge is 2.59. The average molecular weight is 302 g/mol. The maximum atomic E-state index is 11.4. The molecule has 120 valence electrons. The number of hydrogen-bond donors (Lipinski definition) is 0. The molecule has 1 aromatic rings. The number of ether oxygens (including phenoxy) is 2. The van der Waals surface area contributed by atoms with Crippen LogP contribution in [-0.2, 0) is 20.3 Å². The summed E-state index contributed by atoms with van der Waals surface area (Å²) in [5, 5.41) is 0. The van der Waals surface area contributed by atoms with Gasteiger partial charge in [-0.25, -0.2) is 0 Å². The van der Waals surface area contributed by atoms with Crippen LogP contribution in [-0.4, -0.2) is 24.3 Å². The first-order valence-electron chi connectivity index (χ1n) is 7.97. The molecule has 0 aromatic heterocycles. The maximum Gasteiger partial charge on any atom is 0.163 e. The minimum Gasteiger partial charge on any atom is -0.344 e. The number of fused-ring (bicyclic) bond motifs is 2. The van der Waals surface area contributed by atoms with Crippen molar-refractivity contribution in [3.63, 3.8) is 0 Å². The lowest BCUT2D eigenvalue weighted by Crippen LogP contribution is -2.54. The number of carbonyl (C=O) groups excluding carboxylic acids is 1. The quantitative estimate of drug-likeness (QED) is 0.738. The molecule has 22 heavy (non-hydrogen) atoms. The van der Waals surface area contributed by atoms with E-state index in [9.17, 15) is 4.79 Å². The fraction of sp³-hybridized carbons (Fsp3) is 0.632. The Morgan fingerprint density at radius 1 is 0.909 bits per heavy atom. The zero-order valence-corrected chi connectivity index (χ0v) is 14.6. The van der Waals surface area contributed by atoms with Crippen LogP contribution in [0.4, 0.5) is 0 Å². The van der Waals surface area contributed by atoms with Crippen LogP contribution in [0.15, 0.2) is 12.1 Å². The second-order valence-electron chi connectivity index (χ2n) is 8.29. The molecule has 0 spiro atoms. The van der Waals surface area contributed by atoms with Gasteiger partial charge in [0, 0.05) is 16.4 Å². The van der Waals surface area contributed by atoms with Crippen molar-refractivity contribution in [2.45, 2.75) is 77.3 Å². The van der Waals surface area contributed by atoms with Gasteiger partial charge in [0.15, 0.2) is 5.79 Å². The normalized spacial score (nSPS) is 30.5. The van der Waals surface area contributed by atoms with Gasteiger partial charge in [-0.3, -0.25) is 4.79 Å². The van der Waals surface area contributed by atoms with Crippen molar-refractivity contribution in [1.82, 2.24) is 0 Å². The summed E-state index contributed by atoms with van der Waals surface area (Å²) in [7, 11) is 0. The van der Waals surface area contributed by atoms with E-state index >= 15 is 0 Å². The predicted molar refractivity (Wildman–Crippen MR) is 86.4 cm³/mol. The van der Waals surface area contributed by atoms with Crippen molar-refractivity contribution < 1.29 is 14.3 Å². The Labute approximate surface area is 133 Å². The Morgan fingerprint density at radius 3 is 1.82 bits per heavy atom. The number of carbonyl (C=O) groups is 1. The molecule has 3 nitrogen and oxygen atoms in total. The topological polar surface area (TPSA) is 35.5 Å². The van der Waals surface area contributed by atoms with E-state index in [2.05, 4.69) is 33.8 Å². The van der Waals surface area contributed by atoms with Crippen molar-refractivity contribution in [1.29, 1.82) is 0 Å². The first-order chi connectivity index (χ1) is 10.0. The number of aldehydes is 1. The van der Waals surface area contributed by atoms with E-state index in [-0.39, 0.29) is 23.0 Å². The first-order valence-corrected chi connectivity index (χ1v) is 7.97. The molecule has 0 radical (unpaired) electrons. The fourth-order valence-electron chi connectivity index (χ4n) is 4.04. The fourth-order valence-corrected chi connectivity index (χ4v) is 4.04. The Balaban J connectivity index is 2.26. The molecule has 2 atom stereocenters. The largest absolute Gasteiger partial charge is 0.344 e. The molecule has 1 fully saturated rings. The van der Waals surface area contributed by atoms with Crippen LogP contribution < -0.4 is 0 Å². The molecule has 1 aliphatic heterocycles. The summed E-state index contributed by atoms with van der Waals surface area (Å²) in [4.78, 5) is 11.4. The standard InChI is InChI=1S/C19H26O3/c1-11-8-13-14(9-12(11)10-20)18(4,5)16-15(17(13,2)3)21-19(6,7)22-16/h8-10,15-16H,1-7H3. The third-order valence-corrected chi connectivity index (χ3v) is 5.44. The number of benzene rings is 1. The minimum absolute atomic E-state index is 0.00600. The van der Waals surface area contributed by atoms with Gasteiger partial charge in [0.25, 0.3) is 0 Å². The lowest BCUT2D eigenvalue weighted by Gasteiger charge is -2.48. The highest BCUT2D eigenvalue weighted by atomic mass is 16.8. The van der Waals surface area contributed by atoms with Crippen molar-refractivity contribution in [2.75, 3.05) is 0 Å². The minimum atomic E-state index is -0.575. The van der Waals surface area contributed by atoms with E-state index in [1.54, 1.807) is 0 Å². The maximum absolute atomic E-state index is 11.4. The Bertz CT molecular complexity index is 640. The summed E-state index contributed by atoms with van der Waals surface area (Å²) >= 11 is 0. The SMILES string of the molecule is Cc1cc2c(cc1C=O)C(C)(C)C1OC(C)(C)OC1C2(C)C. The highest BCUT2D eigenvalue weighted by Crippen LogP contribution is 2.53. The van der Waals surface area contributed by atoms with Crippen LogP contribution in [0.1, 0.15) is 68.6 Å². The van der Waals surface area contributed by atoms with Crippen molar-refractivity contribution in [3.8, 4) is 0 Å². The Morgan fingerprint density at radius 2 is 1.36 bits per heavy atom. The van der Waals surface area contributed by atoms with Gasteiger partial charge in [-0.1, -0.05) is 33.8 Å². The lowest BCUT2D eigenvalue weighted by atomic mass is 9.59. The predicted octanol–water partition coefficient (Wildman–Crippen LogP) is 3.90. The van der Waals surface area contributed by atoms with Crippen LogP contribution >= 0.6 is 0 Å². The van der Waals surface area contributed by atoms with Crippen LogP contribution in [0.5, 0.6) is 0 Å². The molecule has 2 aliphatic rings. The summed E-state index contributed by atoms with van der Waals surface area (Å²) in [6.45, 7) is 14.7. The molecular weight excluding hydrogens is 276 g/mol. The van der Waals surface area contributed by atoms with Gasteiger partial charge in [-0.15, -0.1) is 0 Å². The van der Waals surface area contributed by atoms with Gasteiger partial charge in [-0.05, 0) is 43.5 Å². The third-order valence-electron chi connectivity index (χ3n) is 5.44. The number of rotatable bonds is 1. The summed E-state index contributed by atoms with van der Waals surface area (Å²) < 4.78 is 12.5. The van der Waals surface area contributed by atoms with E-state index in [0.717, 1.165) is 17.4 Å². The van der Waals surface area contributed by atoms with Gasteiger partial charge in [0.1, 0.15) is 6.29 Å². The van der Waals surface area contributed by atoms with E-state index < -0.39 is 5.79 Å². The zero-order valence-electron chi connectivity index (χ0n) is 14.6. The first kappa shape index (κ1) is 15.7. The molecular formula is C19H26O3. The van der Waals surface area contributed by atoms with Crippen molar-refractivity contribution >= 4 is 6.29 Å². The molecule has 1 aromatic carbocycles. The summed E-state index contributed by atoms with van der Waals surface area (Å²) in [5.41, 5.74) is 3.90. The molecule has 0 N–H and O–H groups in total. The van der Waals surface area contributed by atoms with Crippen molar-refractivity contribution in [3.05, 3.63) is 34.4 Å². The Kier molecular flexibility index (Phi) is 3.16. The monoisotopic (exact) mass is 302 g/mol. The van der Waals surface area contributed by atoms with E-state index in [1.165, 1.54) is 11.1 Å². The molecule has 1 aliphatic carbocycles. The molecule has 3 heteroatoms.